The van der Waals surface area contributed by atoms with Crippen molar-refractivity contribution < 1.29 is 0 Å². The van der Waals surface area contributed by atoms with E-state index in [1.54, 1.807) is 24.3 Å². The van der Waals surface area contributed by atoms with Crippen molar-refractivity contribution in [3.63, 3.8) is 0 Å². The molecule has 1 rings (SSSR count). The highest BCUT2D eigenvalue weighted by Crippen LogP contribution is 2.22. The zero-order valence-corrected chi connectivity index (χ0v) is 13.5. The van der Waals surface area contributed by atoms with E-state index in [2.05, 4.69) is 25.3 Å². The molecule has 106 valence electrons. The smallest absolute Gasteiger partial charge is 0.198 e. The summed E-state index contributed by atoms with van der Waals surface area (Å²) in [6.07, 6.45) is 0. The lowest BCUT2D eigenvalue weighted by Gasteiger charge is -2.23. The summed E-state index contributed by atoms with van der Waals surface area (Å²) < 4.78 is 0.303. The van der Waals surface area contributed by atoms with Gasteiger partial charge in [0.25, 0.3) is 0 Å². The third-order valence-electron chi connectivity index (χ3n) is 2.23. The lowest BCUT2D eigenvalue weighted by atomic mass is 10.2. The summed E-state index contributed by atoms with van der Waals surface area (Å²) in [6.45, 7) is 0. The first kappa shape index (κ1) is 16.7. The van der Waals surface area contributed by atoms with E-state index in [1.807, 2.05) is 0 Å². The molecule has 0 aromatic heterocycles. The van der Waals surface area contributed by atoms with Gasteiger partial charge in [0.15, 0.2) is 11.9 Å². The van der Waals surface area contributed by atoms with Gasteiger partial charge in [0.2, 0.25) is 0 Å². The van der Waals surface area contributed by atoms with E-state index in [4.69, 9.17) is 46.7 Å². The Labute approximate surface area is 137 Å². The Morgan fingerprint density at radius 3 is 1.25 bits per heavy atom. The molecule has 0 radical (unpaired) electrons. The molecule has 6 N–H and O–H groups in total. The SMILES string of the molecule is N=C(N)N(C(=S)S)c1ccc(N(C(=N)N)C(=S)S)cc1. The first-order valence-corrected chi connectivity index (χ1v) is 6.81. The minimum atomic E-state index is -0.245. The average Bonchev–Trinajstić information content (AvgIpc) is 2.29. The van der Waals surface area contributed by atoms with Gasteiger partial charge in [0.1, 0.15) is 8.64 Å². The number of rotatable bonds is 2. The average molecular weight is 345 g/mol. The van der Waals surface area contributed by atoms with Crippen LogP contribution in [0, 0.1) is 10.8 Å². The van der Waals surface area contributed by atoms with Crippen molar-refractivity contribution in [1.29, 1.82) is 10.8 Å². The molecule has 1 aromatic carbocycles. The van der Waals surface area contributed by atoms with E-state index in [0.29, 0.717) is 11.4 Å². The molecule has 0 aliphatic carbocycles. The van der Waals surface area contributed by atoms with Crippen molar-refractivity contribution in [3.05, 3.63) is 24.3 Å². The molecular weight excluding hydrogens is 332 g/mol. The van der Waals surface area contributed by atoms with Crippen LogP contribution in [0.15, 0.2) is 24.3 Å². The summed E-state index contributed by atoms with van der Waals surface area (Å²) in [6, 6.07) is 6.62. The molecule has 0 amide bonds. The molecule has 0 heterocycles. The topological polar surface area (TPSA) is 106 Å². The van der Waals surface area contributed by atoms with Gasteiger partial charge in [-0.15, -0.1) is 25.3 Å². The highest BCUT2D eigenvalue weighted by atomic mass is 32.1. The minimum absolute atomic E-state index is 0.151. The molecule has 10 heteroatoms. The van der Waals surface area contributed by atoms with Gasteiger partial charge in [-0.1, -0.05) is 24.4 Å². The maximum Gasteiger partial charge on any atom is 0.198 e. The van der Waals surface area contributed by atoms with E-state index < -0.39 is 0 Å². The van der Waals surface area contributed by atoms with Crippen LogP contribution in [0.2, 0.25) is 0 Å². The van der Waals surface area contributed by atoms with E-state index in [-0.39, 0.29) is 20.6 Å². The highest BCUT2D eigenvalue weighted by Gasteiger charge is 2.15. The summed E-state index contributed by atoms with van der Waals surface area (Å²) in [5.74, 6) is -0.489. The molecule has 0 atom stereocenters. The number of anilines is 2. The molecule has 0 aliphatic rings. The van der Waals surface area contributed by atoms with Crippen LogP contribution in [0.25, 0.3) is 0 Å². The summed E-state index contributed by atoms with van der Waals surface area (Å²) in [4.78, 5) is 2.55. The Morgan fingerprint density at radius 2 is 1.10 bits per heavy atom. The van der Waals surface area contributed by atoms with Crippen LogP contribution >= 0.6 is 49.7 Å². The Kier molecular flexibility index (Phi) is 5.74. The van der Waals surface area contributed by atoms with E-state index in [1.165, 1.54) is 9.80 Å². The number of hydrogen-bond donors (Lipinski definition) is 6. The Hall–Kier alpha value is -1.36. The molecule has 0 fully saturated rings. The van der Waals surface area contributed by atoms with E-state index in [0.717, 1.165) is 0 Å². The zero-order chi connectivity index (χ0) is 15.4. The van der Waals surface area contributed by atoms with Crippen molar-refractivity contribution in [2.45, 2.75) is 0 Å². The molecular formula is C10H12N6S4. The third-order valence-corrected chi connectivity index (χ3v) is 3.00. The van der Waals surface area contributed by atoms with Crippen LogP contribution in [-0.4, -0.2) is 20.6 Å². The minimum Gasteiger partial charge on any atom is -0.369 e. The van der Waals surface area contributed by atoms with E-state index >= 15 is 0 Å². The van der Waals surface area contributed by atoms with Crippen LogP contribution in [0.5, 0.6) is 0 Å². The predicted octanol–water partition coefficient (Wildman–Crippen LogP) is 1.52. The Balaban J connectivity index is 3.16. The summed E-state index contributed by atoms with van der Waals surface area (Å²) in [5, 5.41) is 14.9. The number of nitrogens with one attached hydrogen (secondary N) is 2. The maximum absolute atomic E-state index is 7.46. The second-order valence-corrected chi connectivity index (χ2v) is 5.75. The van der Waals surface area contributed by atoms with Crippen LogP contribution < -0.4 is 21.3 Å². The van der Waals surface area contributed by atoms with Crippen LogP contribution in [0.3, 0.4) is 0 Å². The highest BCUT2D eigenvalue weighted by molar-refractivity contribution is 8.11. The number of benzene rings is 1. The molecule has 0 saturated carbocycles. The summed E-state index contributed by atoms with van der Waals surface area (Å²) in [7, 11) is 0. The lowest BCUT2D eigenvalue weighted by molar-refractivity contribution is 1.30. The monoisotopic (exact) mass is 344 g/mol. The maximum atomic E-state index is 7.46. The second kappa shape index (κ2) is 6.88. The van der Waals surface area contributed by atoms with Crippen molar-refractivity contribution in [2.24, 2.45) is 11.5 Å². The fourth-order valence-electron chi connectivity index (χ4n) is 1.46. The molecule has 0 saturated heterocycles. The van der Waals surface area contributed by atoms with Gasteiger partial charge in [0, 0.05) is 0 Å². The number of guanidine groups is 2. The molecule has 6 nitrogen and oxygen atoms in total. The zero-order valence-electron chi connectivity index (χ0n) is 10.1. The molecule has 0 bridgehead atoms. The van der Waals surface area contributed by atoms with Gasteiger partial charge in [0.05, 0.1) is 11.4 Å². The van der Waals surface area contributed by atoms with Crippen molar-refractivity contribution in [3.8, 4) is 0 Å². The predicted molar refractivity (Wildman–Crippen MR) is 98.4 cm³/mol. The Morgan fingerprint density at radius 1 is 0.850 bits per heavy atom. The van der Waals surface area contributed by atoms with Crippen LogP contribution in [-0.2, 0) is 0 Å². The first-order valence-electron chi connectivity index (χ1n) is 5.10. The van der Waals surface area contributed by atoms with Crippen molar-refractivity contribution >= 4 is 81.6 Å². The molecule has 1 aromatic rings. The van der Waals surface area contributed by atoms with Crippen molar-refractivity contribution in [1.82, 2.24) is 0 Å². The van der Waals surface area contributed by atoms with Gasteiger partial charge in [-0.3, -0.25) is 20.6 Å². The molecule has 0 unspecified atom stereocenters. The summed E-state index contributed by atoms with van der Waals surface area (Å²) >= 11 is 17.9. The van der Waals surface area contributed by atoms with Gasteiger partial charge >= 0.3 is 0 Å². The summed E-state index contributed by atoms with van der Waals surface area (Å²) in [5.41, 5.74) is 12.0. The number of nitrogens with two attached hydrogens (primary N) is 2. The van der Waals surface area contributed by atoms with Gasteiger partial charge < -0.3 is 11.5 Å². The fraction of sp³-hybridized carbons (Fsp3) is 0. The fourth-order valence-corrected chi connectivity index (χ4v) is 2.31. The quantitative estimate of drug-likeness (QED) is 0.210. The van der Waals surface area contributed by atoms with Crippen LogP contribution in [0.4, 0.5) is 11.4 Å². The third kappa shape index (κ3) is 3.82. The number of hydrogen-bond acceptors (Lipinski definition) is 4. The van der Waals surface area contributed by atoms with Gasteiger partial charge in [-0.2, -0.15) is 0 Å². The van der Waals surface area contributed by atoms with E-state index in [9.17, 15) is 0 Å². The van der Waals surface area contributed by atoms with Gasteiger partial charge in [-0.25, -0.2) is 0 Å². The largest absolute Gasteiger partial charge is 0.369 e. The molecule has 0 spiro atoms. The number of nitrogens with zero attached hydrogens (tertiary/aromatic N) is 2. The first-order chi connectivity index (χ1) is 9.25. The van der Waals surface area contributed by atoms with Crippen LogP contribution in [0.1, 0.15) is 0 Å². The van der Waals surface area contributed by atoms with Gasteiger partial charge in [-0.05, 0) is 24.3 Å². The van der Waals surface area contributed by atoms with Crippen molar-refractivity contribution in [2.75, 3.05) is 9.80 Å². The molecule has 20 heavy (non-hydrogen) atoms. The standard InChI is InChI=1S/C10H12N6S4/c11-7(12)15(9(17)18)5-1-2-6(4-3-5)16(8(13)14)10(19)20/h1-4H,(H3,11,12)(H3,13,14)(H,17,18)(H,19,20). The normalized spacial score (nSPS) is 9.70. The number of thiol groups is 2. The lowest BCUT2D eigenvalue weighted by Crippen LogP contribution is -2.39. The Bertz CT molecular complexity index is 491. The second-order valence-electron chi connectivity index (χ2n) is 3.52. The molecule has 0 aliphatic heterocycles. The number of thiocarbonyl (C=S) groups is 2.